The zero-order valence-electron chi connectivity index (χ0n) is 7.46. The molecule has 64 valence electrons. The average molecular weight is 155 g/mol. The molecule has 0 amide bonds. The Labute approximate surface area is 68.2 Å². The minimum atomic E-state index is 0.334. The normalized spacial score (nSPS) is 14.2. The number of hydrogen-bond donors (Lipinski definition) is 2. The van der Waals surface area contributed by atoms with E-state index in [1.165, 1.54) is 0 Å². The van der Waals surface area contributed by atoms with Gasteiger partial charge in [0.1, 0.15) is 5.84 Å². The van der Waals surface area contributed by atoms with E-state index in [4.69, 9.17) is 11.5 Å². The van der Waals surface area contributed by atoms with Crippen molar-refractivity contribution in [2.24, 2.45) is 22.4 Å². The first kappa shape index (κ1) is 10.0. The number of nitrogens with zero attached hydrogens (tertiary/aromatic N) is 1. The van der Waals surface area contributed by atoms with Gasteiger partial charge < -0.3 is 11.5 Å². The van der Waals surface area contributed by atoms with Crippen LogP contribution in [0, 0.1) is 5.92 Å². The molecule has 3 nitrogen and oxygen atoms in total. The quantitative estimate of drug-likeness (QED) is 0.469. The maximum Gasteiger partial charge on any atom is 0.119 e. The van der Waals surface area contributed by atoms with E-state index in [9.17, 15) is 0 Å². The molecule has 0 fully saturated rings. The van der Waals surface area contributed by atoms with Crippen LogP contribution >= 0.6 is 0 Å². The lowest BCUT2D eigenvalue weighted by Gasteiger charge is -2.03. The fourth-order valence-corrected chi connectivity index (χ4v) is 0.566. The first-order valence-electron chi connectivity index (χ1n) is 3.85. The molecule has 0 rings (SSSR count). The van der Waals surface area contributed by atoms with Crippen LogP contribution in [0.5, 0.6) is 0 Å². The lowest BCUT2D eigenvalue weighted by molar-refractivity contribution is 0.758. The fourth-order valence-electron chi connectivity index (χ4n) is 0.566. The van der Waals surface area contributed by atoms with Gasteiger partial charge in [0.05, 0.1) is 0 Å². The molecule has 0 radical (unpaired) electrons. The van der Waals surface area contributed by atoms with Gasteiger partial charge in [-0.3, -0.25) is 4.99 Å². The minimum Gasteiger partial charge on any atom is -0.402 e. The Morgan fingerprint density at radius 2 is 2.00 bits per heavy atom. The van der Waals surface area contributed by atoms with E-state index in [2.05, 4.69) is 4.99 Å². The molecule has 0 aromatic carbocycles. The van der Waals surface area contributed by atoms with E-state index < -0.39 is 0 Å². The largest absolute Gasteiger partial charge is 0.402 e. The molecule has 0 aromatic rings. The molecule has 0 spiro atoms. The molecule has 11 heavy (non-hydrogen) atoms. The summed E-state index contributed by atoms with van der Waals surface area (Å²) in [5, 5.41) is 0. The number of amidine groups is 1. The van der Waals surface area contributed by atoms with Gasteiger partial charge in [0.15, 0.2) is 0 Å². The minimum absolute atomic E-state index is 0.334. The molecular weight excluding hydrogens is 138 g/mol. The summed E-state index contributed by atoms with van der Waals surface area (Å²) in [5.74, 6) is 0.847. The van der Waals surface area contributed by atoms with Crippen LogP contribution in [0.1, 0.15) is 20.8 Å². The second kappa shape index (κ2) is 4.77. The molecule has 3 heteroatoms. The summed E-state index contributed by atoms with van der Waals surface area (Å²) in [6.07, 6.45) is 1.72. The van der Waals surface area contributed by atoms with Crippen LogP contribution in [-0.2, 0) is 0 Å². The smallest absolute Gasteiger partial charge is 0.119 e. The van der Waals surface area contributed by atoms with Gasteiger partial charge in [-0.25, -0.2) is 0 Å². The Morgan fingerprint density at radius 1 is 1.45 bits per heavy atom. The lowest BCUT2D eigenvalue weighted by atomic mass is 10.1. The number of aliphatic imine (C=N–C) groups is 1. The molecule has 0 aliphatic rings. The molecule has 0 heterocycles. The predicted molar refractivity (Wildman–Crippen MR) is 49.3 cm³/mol. The topological polar surface area (TPSA) is 64.4 Å². The molecule has 0 atom stereocenters. The van der Waals surface area contributed by atoms with Gasteiger partial charge in [0.2, 0.25) is 0 Å². The van der Waals surface area contributed by atoms with Gasteiger partial charge in [-0.1, -0.05) is 13.8 Å². The molecule has 0 aliphatic heterocycles. The average Bonchev–Trinajstić information content (AvgIpc) is 1.87. The Hall–Kier alpha value is -0.990. The number of nitrogens with two attached hydrogens (primary N) is 2. The molecule has 4 N–H and O–H groups in total. The monoisotopic (exact) mass is 155 g/mol. The van der Waals surface area contributed by atoms with Crippen molar-refractivity contribution in [3.8, 4) is 0 Å². The summed E-state index contributed by atoms with van der Waals surface area (Å²) < 4.78 is 0. The van der Waals surface area contributed by atoms with Crippen molar-refractivity contribution in [2.45, 2.75) is 20.8 Å². The van der Waals surface area contributed by atoms with Crippen molar-refractivity contribution >= 4 is 5.84 Å². The molecule has 0 unspecified atom stereocenters. The number of allylic oxidation sites excluding steroid dienone is 1. The summed E-state index contributed by atoms with van der Waals surface area (Å²) in [6, 6.07) is 0. The van der Waals surface area contributed by atoms with Gasteiger partial charge in [-0.2, -0.15) is 0 Å². The van der Waals surface area contributed by atoms with E-state index in [1.807, 2.05) is 20.8 Å². The Bertz CT molecular complexity index is 168. The first-order chi connectivity index (χ1) is 5.07. The van der Waals surface area contributed by atoms with Gasteiger partial charge in [-0.05, 0) is 18.9 Å². The summed E-state index contributed by atoms with van der Waals surface area (Å²) in [6.45, 7) is 6.68. The van der Waals surface area contributed by atoms with Crippen molar-refractivity contribution in [1.82, 2.24) is 0 Å². The standard InChI is InChI=1S/C8H17N3/c1-4-11-8(10)5-7(9)6(2)3/h5-6H,4,9H2,1-3H3,(H2,10,11). The zero-order chi connectivity index (χ0) is 8.85. The third-order valence-corrected chi connectivity index (χ3v) is 1.32. The molecule has 0 aliphatic carbocycles. The predicted octanol–water partition coefficient (Wildman–Crippen LogP) is 0.862. The van der Waals surface area contributed by atoms with E-state index in [-0.39, 0.29) is 0 Å². The van der Waals surface area contributed by atoms with Crippen molar-refractivity contribution < 1.29 is 0 Å². The van der Waals surface area contributed by atoms with Crippen molar-refractivity contribution in [3.05, 3.63) is 11.8 Å². The van der Waals surface area contributed by atoms with Crippen LogP contribution in [0.3, 0.4) is 0 Å². The SMILES string of the molecule is CCN=C(N)C=C(N)C(C)C. The van der Waals surface area contributed by atoms with Crippen LogP contribution in [-0.4, -0.2) is 12.4 Å². The van der Waals surface area contributed by atoms with Crippen LogP contribution in [0.15, 0.2) is 16.8 Å². The maximum absolute atomic E-state index is 5.65. The second-order valence-electron chi connectivity index (χ2n) is 2.70. The highest BCUT2D eigenvalue weighted by molar-refractivity contribution is 5.91. The highest BCUT2D eigenvalue weighted by Gasteiger charge is 1.96. The maximum atomic E-state index is 5.65. The Kier molecular flexibility index (Phi) is 4.34. The molecule has 0 bridgehead atoms. The lowest BCUT2D eigenvalue weighted by Crippen LogP contribution is -2.14. The third-order valence-electron chi connectivity index (χ3n) is 1.32. The van der Waals surface area contributed by atoms with Crippen LogP contribution in [0.25, 0.3) is 0 Å². The molecule has 0 saturated carbocycles. The van der Waals surface area contributed by atoms with Gasteiger partial charge >= 0.3 is 0 Å². The zero-order valence-corrected chi connectivity index (χ0v) is 7.46. The Balaban J connectivity index is 4.18. The van der Waals surface area contributed by atoms with Crippen LogP contribution in [0.2, 0.25) is 0 Å². The fraction of sp³-hybridized carbons (Fsp3) is 0.625. The van der Waals surface area contributed by atoms with Crippen LogP contribution < -0.4 is 11.5 Å². The van der Waals surface area contributed by atoms with Gasteiger partial charge in [0.25, 0.3) is 0 Å². The second-order valence-corrected chi connectivity index (χ2v) is 2.70. The summed E-state index contributed by atoms with van der Waals surface area (Å²) in [7, 11) is 0. The highest BCUT2D eigenvalue weighted by atomic mass is 14.8. The van der Waals surface area contributed by atoms with Crippen molar-refractivity contribution in [1.29, 1.82) is 0 Å². The molecule has 0 aromatic heterocycles. The van der Waals surface area contributed by atoms with E-state index in [1.54, 1.807) is 6.08 Å². The molecule has 0 saturated heterocycles. The summed E-state index contributed by atoms with van der Waals surface area (Å²) >= 11 is 0. The summed E-state index contributed by atoms with van der Waals surface area (Å²) in [4.78, 5) is 3.98. The van der Waals surface area contributed by atoms with E-state index in [0.29, 0.717) is 18.3 Å². The number of hydrogen-bond acceptors (Lipinski definition) is 2. The third kappa shape index (κ3) is 4.42. The van der Waals surface area contributed by atoms with E-state index in [0.717, 1.165) is 5.70 Å². The molecular formula is C8H17N3. The highest BCUT2D eigenvalue weighted by Crippen LogP contribution is 2.00. The van der Waals surface area contributed by atoms with Crippen molar-refractivity contribution in [3.63, 3.8) is 0 Å². The van der Waals surface area contributed by atoms with Crippen LogP contribution in [0.4, 0.5) is 0 Å². The van der Waals surface area contributed by atoms with Gasteiger partial charge in [-0.15, -0.1) is 0 Å². The Morgan fingerprint density at radius 3 is 2.36 bits per heavy atom. The van der Waals surface area contributed by atoms with E-state index >= 15 is 0 Å². The summed E-state index contributed by atoms with van der Waals surface area (Å²) in [5.41, 5.74) is 11.9. The number of rotatable bonds is 3. The first-order valence-corrected chi connectivity index (χ1v) is 3.85. The van der Waals surface area contributed by atoms with Gasteiger partial charge in [0, 0.05) is 12.2 Å². The van der Waals surface area contributed by atoms with Crippen molar-refractivity contribution in [2.75, 3.05) is 6.54 Å².